The van der Waals surface area contributed by atoms with E-state index >= 15 is 0 Å². The molecule has 0 fully saturated rings. The molecule has 0 aliphatic carbocycles. The number of hydrogen-bond acceptors (Lipinski definition) is 2. The van der Waals surface area contributed by atoms with Gasteiger partial charge in [-0.2, -0.15) is 0 Å². The number of urea groups is 1. The summed E-state index contributed by atoms with van der Waals surface area (Å²) in [5.74, 6) is -1.07. The minimum Gasteiger partial charge on any atom is -0.478 e. The second-order valence-corrected chi connectivity index (χ2v) is 4.81. The standard InChI is InChI=1S/C14H17ClN2O3/c1-4-17(8-9(2)3)14(20)16-12-6-5-10(13(18)19)7-11(12)15/h5-7H,2,4,8H2,1,3H3,(H,16,20)(H,18,19). The summed E-state index contributed by atoms with van der Waals surface area (Å²) in [4.78, 5) is 24.4. The Bertz CT molecular complexity index is 543. The normalized spacial score (nSPS) is 9.95. The first-order chi connectivity index (χ1) is 9.35. The topological polar surface area (TPSA) is 69.6 Å². The first-order valence-electron chi connectivity index (χ1n) is 6.08. The van der Waals surface area contributed by atoms with Gasteiger partial charge in [-0.1, -0.05) is 23.8 Å². The van der Waals surface area contributed by atoms with Gasteiger partial charge in [0.25, 0.3) is 0 Å². The number of carboxylic acid groups (broad SMARTS) is 1. The SMILES string of the molecule is C=C(C)CN(CC)C(=O)Nc1ccc(C(=O)O)cc1Cl. The lowest BCUT2D eigenvalue weighted by molar-refractivity contribution is 0.0697. The lowest BCUT2D eigenvalue weighted by atomic mass is 10.2. The predicted octanol–water partition coefficient (Wildman–Crippen LogP) is 3.47. The first-order valence-corrected chi connectivity index (χ1v) is 6.46. The zero-order chi connectivity index (χ0) is 15.3. The quantitative estimate of drug-likeness (QED) is 0.817. The Balaban J connectivity index is 2.84. The van der Waals surface area contributed by atoms with Crippen molar-refractivity contribution in [3.05, 3.63) is 40.9 Å². The molecule has 1 aromatic rings. The molecule has 0 aliphatic heterocycles. The summed E-state index contributed by atoms with van der Waals surface area (Å²) in [7, 11) is 0. The molecule has 0 bridgehead atoms. The van der Waals surface area contributed by atoms with E-state index in [-0.39, 0.29) is 16.6 Å². The van der Waals surface area contributed by atoms with Crippen molar-refractivity contribution in [3.63, 3.8) is 0 Å². The van der Waals surface area contributed by atoms with Crippen LogP contribution in [0.5, 0.6) is 0 Å². The Hall–Kier alpha value is -2.01. The van der Waals surface area contributed by atoms with Crippen molar-refractivity contribution in [2.24, 2.45) is 0 Å². The molecule has 20 heavy (non-hydrogen) atoms. The lowest BCUT2D eigenvalue weighted by Gasteiger charge is -2.21. The van der Waals surface area contributed by atoms with Crippen molar-refractivity contribution in [2.75, 3.05) is 18.4 Å². The minimum atomic E-state index is -1.07. The molecule has 1 aromatic carbocycles. The van der Waals surface area contributed by atoms with Crippen molar-refractivity contribution in [1.82, 2.24) is 4.90 Å². The summed E-state index contributed by atoms with van der Waals surface area (Å²) in [6, 6.07) is 3.85. The molecule has 0 saturated carbocycles. The summed E-state index contributed by atoms with van der Waals surface area (Å²) < 4.78 is 0. The highest BCUT2D eigenvalue weighted by molar-refractivity contribution is 6.34. The Morgan fingerprint density at radius 3 is 2.55 bits per heavy atom. The molecule has 0 atom stereocenters. The van der Waals surface area contributed by atoms with Gasteiger partial charge in [0.15, 0.2) is 0 Å². The van der Waals surface area contributed by atoms with Crippen LogP contribution < -0.4 is 5.32 Å². The molecule has 0 aromatic heterocycles. The maximum Gasteiger partial charge on any atom is 0.335 e. The molecular formula is C14H17ClN2O3. The number of nitrogens with one attached hydrogen (secondary N) is 1. The first kappa shape index (κ1) is 16.0. The second-order valence-electron chi connectivity index (χ2n) is 4.40. The number of amides is 2. The van der Waals surface area contributed by atoms with Crippen LogP contribution in [0.4, 0.5) is 10.5 Å². The molecule has 0 heterocycles. The van der Waals surface area contributed by atoms with Gasteiger partial charge in [0.1, 0.15) is 0 Å². The van der Waals surface area contributed by atoms with Crippen LogP contribution in [-0.4, -0.2) is 35.1 Å². The van der Waals surface area contributed by atoms with Crippen LogP contribution in [0.3, 0.4) is 0 Å². The van der Waals surface area contributed by atoms with Crippen LogP contribution in [0.2, 0.25) is 5.02 Å². The van der Waals surface area contributed by atoms with Gasteiger partial charge in [-0.05, 0) is 32.0 Å². The fourth-order valence-electron chi connectivity index (χ4n) is 1.60. The fourth-order valence-corrected chi connectivity index (χ4v) is 1.82. The van der Waals surface area contributed by atoms with Crippen molar-refractivity contribution < 1.29 is 14.7 Å². The van der Waals surface area contributed by atoms with Gasteiger partial charge >= 0.3 is 12.0 Å². The second kappa shape index (κ2) is 6.96. The molecule has 1 rings (SSSR count). The lowest BCUT2D eigenvalue weighted by Crippen LogP contribution is -2.35. The third kappa shape index (κ3) is 4.28. The minimum absolute atomic E-state index is 0.0716. The van der Waals surface area contributed by atoms with Gasteiger partial charge in [0.2, 0.25) is 0 Å². The molecule has 0 unspecified atom stereocenters. The van der Waals surface area contributed by atoms with E-state index in [9.17, 15) is 9.59 Å². The number of aromatic carboxylic acids is 1. The van der Waals surface area contributed by atoms with Crippen LogP contribution in [0.25, 0.3) is 0 Å². The van der Waals surface area contributed by atoms with E-state index in [0.717, 1.165) is 5.57 Å². The van der Waals surface area contributed by atoms with Gasteiger partial charge in [0.05, 0.1) is 16.3 Å². The van der Waals surface area contributed by atoms with Gasteiger partial charge in [-0.15, -0.1) is 0 Å². The smallest absolute Gasteiger partial charge is 0.335 e. The van der Waals surface area contributed by atoms with Crippen LogP contribution in [0, 0.1) is 0 Å². The number of carboxylic acids is 1. The molecule has 5 nitrogen and oxygen atoms in total. The zero-order valence-electron chi connectivity index (χ0n) is 11.4. The molecule has 2 amide bonds. The number of halogens is 1. The van der Waals surface area contributed by atoms with Crippen LogP contribution in [0.1, 0.15) is 24.2 Å². The van der Waals surface area contributed by atoms with E-state index in [2.05, 4.69) is 11.9 Å². The van der Waals surface area contributed by atoms with Crippen molar-refractivity contribution in [3.8, 4) is 0 Å². The largest absolute Gasteiger partial charge is 0.478 e. The highest BCUT2D eigenvalue weighted by Gasteiger charge is 2.14. The van der Waals surface area contributed by atoms with Crippen molar-refractivity contribution in [1.29, 1.82) is 0 Å². The molecule has 6 heteroatoms. The van der Waals surface area contributed by atoms with E-state index in [1.807, 2.05) is 13.8 Å². The average molecular weight is 297 g/mol. The number of likely N-dealkylation sites (N-methyl/N-ethyl adjacent to an activating group) is 1. The summed E-state index contributed by atoms with van der Waals surface area (Å²) in [6.45, 7) is 8.45. The molecular weight excluding hydrogens is 280 g/mol. The van der Waals surface area contributed by atoms with Crippen LogP contribution >= 0.6 is 11.6 Å². The summed E-state index contributed by atoms with van der Waals surface area (Å²) in [6.07, 6.45) is 0. The number of anilines is 1. The molecule has 0 saturated heterocycles. The number of carbonyl (C=O) groups excluding carboxylic acids is 1. The number of benzene rings is 1. The molecule has 0 radical (unpaired) electrons. The summed E-state index contributed by atoms with van der Waals surface area (Å²) in [5.41, 5.74) is 1.32. The molecule has 0 spiro atoms. The number of nitrogens with zero attached hydrogens (tertiary/aromatic N) is 1. The highest BCUT2D eigenvalue weighted by atomic mass is 35.5. The van der Waals surface area contributed by atoms with Crippen molar-refractivity contribution >= 4 is 29.3 Å². The Kier molecular flexibility index (Phi) is 5.58. The highest BCUT2D eigenvalue weighted by Crippen LogP contribution is 2.23. The van der Waals surface area contributed by atoms with Crippen LogP contribution in [-0.2, 0) is 0 Å². The Labute approximate surface area is 122 Å². The fraction of sp³-hybridized carbons (Fsp3) is 0.286. The average Bonchev–Trinajstić information content (AvgIpc) is 2.37. The summed E-state index contributed by atoms with van der Waals surface area (Å²) in [5, 5.41) is 11.7. The number of hydrogen-bond donors (Lipinski definition) is 2. The van der Waals surface area contributed by atoms with Gasteiger partial charge in [-0.3, -0.25) is 0 Å². The third-order valence-corrected chi connectivity index (χ3v) is 2.90. The molecule has 108 valence electrons. The maximum absolute atomic E-state index is 12.0. The van der Waals surface area contributed by atoms with E-state index in [1.54, 1.807) is 4.90 Å². The monoisotopic (exact) mass is 296 g/mol. The third-order valence-electron chi connectivity index (χ3n) is 2.59. The molecule has 0 aliphatic rings. The van der Waals surface area contributed by atoms with Gasteiger partial charge < -0.3 is 15.3 Å². The Morgan fingerprint density at radius 2 is 2.10 bits per heavy atom. The van der Waals surface area contributed by atoms with Crippen molar-refractivity contribution in [2.45, 2.75) is 13.8 Å². The number of carbonyl (C=O) groups is 2. The van der Waals surface area contributed by atoms with Gasteiger partial charge in [-0.25, -0.2) is 9.59 Å². The van der Waals surface area contributed by atoms with E-state index < -0.39 is 5.97 Å². The zero-order valence-corrected chi connectivity index (χ0v) is 12.2. The summed E-state index contributed by atoms with van der Waals surface area (Å²) >= 11 is 5.96. The van der Waals surface area contributed by atoms with E-state index in [1.165, 1.54) is 18.2 Å². The number of rotatable bonds is 5. The van der Waals surface area contributed by atoms with E-state index in [4.69, 9.17) is 16.7 Å². The maximum atomic E-state index is 12.0. The van der Waals surface area contributed by atoms with Crippen LogP contribution in [0.15, 0.2) is 30.4 Å². The Morgan fingerprint density at radius 1 is 1.45 bits per heavy atom. The predicted molar refractivity (Wildman–Crippen MR) is 79.5 cm³/mol. The molecule has 2 N–H and O–H groups in total. The van der Waals surface area contributed by atoms with Gasteiger partial charge in [0, 0.05) is 13.1 Å². The van der Waals surface area contributed by atoms with E-state index in [0.29, 0.717) is 18.8 Å².